The predicted octanol–water partition coefficient (Wildman–Crippen LogP) is 7.89. The number of nitrogens with one attached hydrogen (secondary N) is 1. The molecular formula is C44H50N6O5S. The number of likely N-dealkylation sites (tertiary alicyclic amines) is 2. The van der Waals surface area contributed by atoms with E-state index in [9.17, 15) is 14.4 Å². The summed E-state index contributed by atoms with van der Waals surface area (Å²) in [5.74, 6) is 3.39. The summed E-state index contributed by atoms with van der Waals surface area (Å²) in [5.41, 5.74) is 3.92. The first kappa shape index (κ1) is 36.8. The van der Waals surface area contributed by atoms with Crippen LogP contribution in [0.2, 0.25) is 0 Å². The van der Waals surface area contributed by atoms with Gasteiger partial charge in [-0.1, -0.05) is 35.4 Å². The molecule has 6 fully saturated rings. The van der Waals surface area contributed by atoms with Crippen LogP contribution >= 0.6 is 11.3 Å². The third kappa shape index (κ3) is 7.52. The zero-order valence-electron chi connectivity index (χ0n) is 32.1. The molecule has 2 saturated heterocycles. The molecule has 4 saturated carbocycles. The molecule has 1 spiro atoms. The van der Waals surface area contributed by atoms with E-state index in [1.54, 1.807) is 25.6 Å². The van der Waals surface area contributed by atoms with Gasteiger partial charge in [0, 0.05) is 61.7 Å². The van der Waals surface area contributed by atoms with Crippen LogP contribution in [0.25, 0.3) is 11.1 Å². The number of aromatic nitrogens is 3. The molecule has 4 aliphatic carbocycles. The molecule has 2 aromatic heterocycles. The molecule has 10 rings (SSSR count). The molecule has 2 aromatic carbocycles. The Bertz CT molecular complexity index is 2050. The van der Waals surface area contributed by atoms with E-state index in [0.29, 0.717) is 44.1 Å². The smallest absolute Gasteiger partial charge is 0.296 e. The summed E-state index contributed by atoms with van der Waals surface area (Å²) in [5, 5.41) is 11.7. The first-order valence-corrected chi connectivity index (χ1v) is 21.1. The number of para-hydroxylation sites is 1. The fraction of sp³-hybridized carbons (Fsp3) is 0.500. The van der Waals surface area contributed by atoms with Crippen LogP contribution in [0, 0.1) is 28.6 Å². The molecule has 56 heavy (non-hydrogen) atoms. The summed E-state index contributed by atoms with van der Waals surface area (Å²) in [4.78, 5) is 48.7. The van der Waals surface area contributed by atoms with E-state index in [1.165, 1.54) is 38.5 Å². The minimum Gasteiger partial charge on any atom is -0.496 e. The molecule has 0 atom stereocenters. The molecular weight excluding hydrogens is 725 g/mol. The Morgan fingerprint density at radius 1 is 0.821 bits per heavy atom. The van der Waals surface area contributed by atoms with Gasteiger partial charge in [-0.2, -0.15) is 0 Å². The number of carbonyl (C=O) groups is 3. The van der Waals surface area contributed by atoms with Gasteiger partial charge in [0.25, 0.3) is 17.0 Å². The lowest BCUT2D eigenvalue weighted by atomic mass is 9.49. The van der Waals surface area contributed by atoms with Gasteiger partial charge in [0.05, 0.1) is 12.7 Å². The standard InChI is InChI=1S/C44H50N6O5S/c1-54-37-5-3-2-4-34(37)36-27-45-15-10-35(36)39(52)46-41-47-48-42(56-41)55-28-29-6-8-33(9-7-29)40(53)50-18-13-43(14-19-50)11-16-49(17-12-43)38(51)26-44-23-30-20-31(24-44)22-32(21-30)25-44/h2-10,15,27,30-32H,11-14,16-26,28H2,1H3,(H,46,47,52). The molecule has 3 amide bonds. The number of hydrogen-bond acceptors (Lipinski definition) is 9. The van der Waals surface area contributed by atoms with Gasteiger partial charge in [-0.25, -0.2) is 0 Å². The van der Waals surface area contributed by atoms with Crippen molar-refractivity contribution in [2.75, 3.05) is 38.6 Å². The molecule has 1 N–H and O–H groups in total. The van der Waals surface area contributed by atoms with Gasteiger partial charge in [0.2, 0.25) is 11.0 Å². The molecule has 0 unspecified atom stereocenters. The lowest BCUT2D eigenvalue weighted by molar-refractivity contribution is -0.142. The quantitative estimate of drug-likeness (QED) is 0.173. The topological polar surface area (TPSA) is 127 Å². The Hall–Kier alpha value is -4.84. The number of nitrogens with zero attached hydrogens (tertiary/aromatic N) is 5. The largest absolute Gasteiger partial charge is 0.496 e. The zero-order chi connectivity index (χ0) is 38.3. The van der Waals surface area contributed by atoms with E-state index in [0.717, 1.165) is 98.5 Å². The normalized spacial score (nSPS) is 24.9. The van der Waals surface area contributed by atoms with E-state index < -0.39 is 0 Å². The lowest BCUT2D eigenvalue weighted by Crippen LogP contribution is -2.51. The number of anilines is 1. The highest BCUT2D eigenvalue weighted by Crippen LogP contribution is 2.61. The van der Waals surface area contributed by atoms with E-state index in [-0.39, 0.29) is 23.8 Å². The second kappa shape index (κ2) is 15.2. The Morgan fingerprint density at radius 2 is 1.48 bits per heavy atom. The van der Waals surface area contributed by atoms with Crippen LogP contribution in [0.3, 0.4) is 0 Å². The van der Waals surface area contributed by atoms with Crippen LogP contribution in [0.15, 0.2) is 67.0 Å². The number of carbonyl (C=O) groups excluding carboxylic acids is 3. The highest BCUT2D eigenvalue weighted by atomic mass is 32.1. The van der Waals surface area contributed by atoms with Gasteiger partial charge in [-0.05, 0) is 134 Å². The average Bonchev–Trinajstić information content (AvgIpc) is 3.66. The van der Waals surface area contributed by atoms with Crippen molar-refractivity contribution < 1.29 is 23.9 Å². The highest BCUT2D eigenvalue weighted by molar-refractivity contribution is 7.17. The maximum absolute atomic E-state index is 13.6. The molecule has 292 valence electrons. The van der Waals surface area contributed by atoms with Crippen LogP contribution in [-0.2, 0) is 11.4 Å². The van der Waals surface area contributed by atoms with Gasteiger partial charge in [0.1, 0.15) is 12.4 Å². The monoisotopic (exact) mass is 774 g/mol. The van der Waals surface area contributed by atoms with Crippen molar-refractivity contribution >= 4 is 34.2 Å². The van der Waals surface area contributed by atoms with Crippen LogP contribution in [-0.4, -0.2) is 76.0 Å². The fourth-order valence-corrected chi connectivity index (χ4v) is 11.7. The minimum absolute atomic E-state index is 0.0584. The number of hydrogen-bond donors (Lipinski definition) is 1. The summed E-state index contributed by atoms with van der Waals surface area (Å²) in [6, 6.07) is 16.7. The van der Waals surface area contributed by atoms with Gasteiger partial charge >= 0.3 is 0 Å². The number of methoxy groups -OCH3 is 1. The van der Waals surface area contributed by atoms with E-state index in [2.05, 4.69) is 25.4 Å². The van der Waals surface area contributed by atoms with Crippen molar-refractivity contribution in [3.8, 4) is 22.1 Å². The Morgan fingerprint density at radius 3 is 2.16 bits per heavy atom. The van der Waals surface area contributed by atoms with Gasteiger partial charge in [-0.15, -0.1) is 5.10 Å². The third-order valence-corrected chi connectivity index (χ3v) is 14.4. The number of amides is 3. The summed E-state index contributed by atoms with van der Waals surface area (Å²) in [6.45, 7) is 3.49. The number of rotatable bonds is 10. The maximum atomic E-state index is 13.6. The van der Waals surface area contributed by atoms with Gasteiger partial charge < -0.3 is 19.3 Å². The summed E-state index contributed by atoms with van der Waals surface area (Å²) < 4.78 is 11.4. The van der Waals surface area contributed by atoms with Crippen molar-refractivity contribution in [2.45, 2.75) is 77.2 Å². The van der Waals surface area contributed by atoms with Crippen LogP contribution in [0.1, 0.15) is 96.9 Å². The van der Waals surface area contributed by atoms with Gasteiger partial charge in [0.15, 0.2) is 0 Å². The molecule has 6 aliphatic rings. The van der Waals surface area contributed by atoms with Crippen molar-refractivity contribution in [3.05, 3.63) is 83.7 Å². The van der Waals surface area contributed by atoms with E-state index >= 15 is 0 Å². The average molecular weight is 775 g/mol. The molecule has 12 heteroatoms. The number of benzene rings is 2. The SMILES string of the molecule is COc1ccccc1-c1cnccc1C(=O)Nc1nnc(OCc2ccc(C(=O)N3CCC4(CCN(C(=O)CC56CC7CC(CC(C7)C5)C6)CC4)CC3)cc2)s1. The van der Waals surface area contributed by atoms with Crippen molar-refractivity contribution in [1.82, 2.24) is 25.0 Å². The fourth-order valence-electron chi connectivity index (χ4n) is 11.1. The second-order valence-corrected chi connectivity index (χ2v) is 18.1. The van der Waals surface area contributed by atoms with E-state index in [4.69, 9.17) is 9.47 Å². The first-order valence-electron chi connectivity index (χ1n) is 20.3. The van der Waals surface area contributed by atoms with Crippen molar-refractivity contribution in [3.63, 3.8) is 0 Å². The maximum Gasteiger partial charge on any atom is 0.296 e. The summed E-state index contributed by atoms with van der Waals surface area (Å²) in [7, 11) is 1.59. The van der Waals surface area contributed by atoms with Crippen molar-refractivity contribution in [1.29, 1.82) is 0 Å². The van der Waals surface area contributed by atoms with E-state index in [1.807, 2.05) is 53.4 Å². The lowest BCUT2D eigenvalue weighted by Gasteiger charge is -2.57. The minimum atomic E-state index is -0.348. The van der Waals surface area contributed by atoms with Crippen LogP contribution in [0.5, 0.6) is 10.9 Å². The Kier molecular flexibility index (Phi) is 10.0. The second-order valence-electron chi connectivity index (χ2n) is 17.2. The first-order chi connectivity index (χ1) is 27.3. The molecule has 11 nitrogen and oxygen atoms in total. The molecule has 2 aliphatic heterocycles. The molecule has 4 aromatic rings. The van der Waals surface area contributed by atoms with Crippen molar-refractivity contribution in [2.24, 2.45) is 28.6 Å². The third-order valence-electron chi connectivity index (χ3n) is 13.6. The number of ether oxygens (including phenoxy) is 2. The Balaban J connectivity index is 0.729. The summed E-state index contributed by atoms with van der Waals surface area (Å²) >= 11 is 1.14. The molecule has 0 radical (unpaired) electrons. The summed E-state index contributed by atoms with van der Waals surface area (Å²) in [6.07, 6.45) is 16.2. The highest BCUT2D eigenvalue weighted by Gasteiger charge is 2.52. The molecule has 4 heterocycles. The zero-order valence-corrected chi connectivity index (χ0v) is 32.9. The van der Waals surface area contributed by atoms with Crippen LogP contribution < -0.4 is 14.8 Å². The molecule has 4 bridgehead atoms. The predicted molar refractivity (Wildman–Crippen MR) is 213 cm³/mol. The Labute approximate surface area is 332 Å². The number of pyridine rings is 1. The number of piperidine rings is 2. The van der Waals surface area contributed by atoms with Gasteiger partial charge in [-0.3, -0.25) is 24.7 Å². The van der Waals surface area contributed by atoms with Crippen LogP contribution in [0.4, 0.5) is 5.13 Å².